The molecule has 144 valence electrons. The summed E-state index contributed by atoms with van der Waals surface area (Å²) in [6.45, 7) is 0. The zero-order valence-electron chi connectivity index (χ0n) is 15.4. The summed E-state index contributed by atoms with van der Waals surface area (Å²) >= 11 is 3.12. The monoisotopic (exact) mass is 494 g/mol. The normalized spacial score (nSPS) is 9.82. The van der Waals surface area contributed by atoms with Crippen molar-refractivity contribution in [1.82, 2.24) is 0 Å². The maximum atomic E-state index is 3.12. The SMILES string of the molecule is [Cl-].[Pd+][CH2]c1ccccc1.c1ccc(P(c2ccccc2)c2ccccc2)cc1. The first-order valence-electron chi connectivity index (χ1n) is 8.89. The zero-order valence-corrected chi connectivity index (χ0v) is 18.6. The van der Waals surface area contributed by atoms with E-state index < -0.39 is 7.92 Å². The van der Waals surface area contributed by atoms with E-state index in [1.54, 1.807) is 0 Å². The average molecular weight is 495 g/mol. The maximum absolute atomic E-state index is 3.12. The number of hydrogen-bond acceptors (Lipinski definition) is 0. The molecule has 3 heteroatoms. The molecule has 0 aliphatic carbocycles. The smallest absolute Gasteiger partial charge is 0.0134 e. The molecule has 0 saturated heterocycles. The minimum atomic E-state index is -0.446. The molecule has 0 heterocycles. The Morgan fingerprint density at radius 1 is 0.464 bits per heavy atom. The van der Waals surface area contributed by atoms with Gasteiger partial charge in [0.2, 0.25) is 0 Å². The van der Waals surface area contributed by atoms with Gasteiger partial charge in [-0.15, -0.1) is 0 Å². The fraction of sp³-hybridized carbons (Fsp3) is 0.0400. The van der Waals surface area contributed by atoms with Crippen LogP contribution in [0.4, 0.5) is 0 Å². The summed E-state index contributed by atoms with van der Waals surface area (Å²) in [5.74, 6) is 0. The van der Waals surface area contributed by atoms with Crippen molar-refractivity contribution in [3.8, 4) is 0 Å². The Kier molecular flexibility index (Phi) is 10.2. The molecule has 4 aromatic rings. The van der Waals surface area contributed by atoms with Crippen molar-refractivity contribution in [2.45, 2.75) is 4.89 Å². The van der Waals surface area contributed by atoms with Gasteiger partial charge in [-0.2, -0.15) is 0 Å². The van der Waals surface area contributed by atoms with Crippen LogP contribution in [0.2, 0.25) is 0 Å². The Balaban J connectivity index is 0.000000264. The number of rotatable bonds is 4. The summed E-state index contributed by atoms with van der Waals surface area (Å²) in [4.78, 5) is 0.990. The molecule has 4 rings (SSSR count). The molecule has 0 unspecified atom stereocenters. The first kappa shape index (κ1) is 22.6. The third-order valence-electron chi connectivity index (χ3n) is 4.02. The van der Waals surface area contributed by atoms with E-state index in [-0.39, 0.29) is 12.4 Å². The molecule has 0 N–H and O–H groups in total. The first-order chi connectivity index (χ1) is 13.4. The second-order valence-corrected chi connectivity index (χ2v) is 8.71. The Labute approximate surface area is 186 Å². The van der Waals surface area contributed by atoms with Crippen molar-refractivity contribution >= 4 is 23.8 Å². The third-order valence-corrected chi connectivity index (χ3v) is 7.09. The van der Waals surface area contributed by atoms with Crippen LogP contribution in [0.5, 0.6) is 0 Å². The molecule has 0 spiro atoms. The second kappa shape index (κ2) is 12.7. The van der Waals surface area contributed by atoms with Crippen LogP contribution in [-0.4, -0.2) is 0 Å². The van der Waals surface area contributed by atoms with Crippen LogP contribution in [0.25, 0.3) is 0 Å². The molecule has 0 radical (unpaired) electrons. The van der Waals surface area contributed by atoms with Crippen LogP contribution in [0, 0.1) is 0 Å². The van der Waals surface area contributed by atoms with E-state index in [1.165, 1.54) is 21.5 Å². The van der Waals surface area contributed by atoms with Crippen molar-refractivity contribution in [2.24, 2.45) is 0 Å². The molecule has 4 aromatic carbocycles. The summed E-state index contributed by atoms with van der Waals surface area (Å²) in [5, 5.41) is 4.19. The fourth-order valence-corrected chi connectivity index (χ4v) is 5.40. The molecule has 0 nitrogen and oxygen atoms in total. The number of benzene rings is 4. The minimum absolute atomic E-state index is 0. The van der Waals surface area contributed by atoms with Gasteiger partial charge in [-0.3, -0.25) is 0 Å². The summed E-state index contributed by atoms with van der Waals surface area (Å²) in [6.07, 6.45) is 0. The largest absolute Gasteiger partial charge is 0.0622 e. The van der Waals surface area contributed by atoms with E-state index in [0.29, 0.717) is 0 Å². The second-order valence-electron chi connectivity index (χ2n) is 5.94. The van der Waals surface area contributed by atoms with E-state index in [2.05, 4.69) is 122 Å². The molecule has 0 amide bonds. The Hall–Kier alpha value is -1.74. The average Bonchev–Trinajstić information content (AvgIpc) is 2.77. The quantitative estimate of drug-likeness (QED) is 0.301. The van der Waals surface area contributed by atoms with E-state index in [0.717, 1.165) is 4.89 Å². The Bertz CT molecular complexity index is 806. The van der Waals surface area contributed by atoms with Crippen molar-refractivity contribution in [2.75, 3.05) is 0 Å². The van der Waals surface area contributed by atoms with Crippen molar-refractivity contribution < 1.29 is 31.6 Å². The van der Waals surface area contributed by atoms with Crippen molar-refractivity contribution in [1.29, 1.82) is 0 Å². The van der Waals surface area contributed by atoms with E-state index in [9.17, 15) is 0 Å². The summed E-state index contributed by atoms with van der Waals surface area (Å²) < 4.78 is 0. The molecule has 0 saturated carbocycles. The number of halogens is 1. The molecular formula is C25H22ClPPd. The van der Waals surface area contributed by atoms with Gasteiger partial charge in [0.1, 0.15) is 0 Å². The Morgan fingerprint density at radius 3 is 1.00 bits per heavy atom. The van der Waals surface area contributed by atoms with Gasteiger partial charge < -0.3 is 12.4 Å². The van der Waals surface area contributed by atoms with Crippen LogP contribution in [0.3, 0.4) is 0 Å². The van der Waals surface area contributed by atoms with Gasteiger partial charge in [-0.05, 0) is 23.8 Å². The van der Waals surface area contributed by atoms with Crippen LogP contribution in [0.15, 0.2) is 121 Å². The third kappa shape index (κ3) is 6.70. The summed E-state index contributed by atoms with van der Waals surface area (Å²) in [6, 6.07) is 42.6. The molecule has 0 aromatic heterocycles. The molecule has 0 fully saturated rings. The van der Waals surface area contributed by atoms with Crippen molar-refractivity contribution in [3.63, 3.8) is 0 Å². The van der Waals surface area contributed by atoms with Gasteiger partial charge in [0.25, 0.3) is 0 Å². The van der Waals surface area contributed by atoms with Gasteiger partial charge in [-0.25, -0.2) is 0 Å². The van der Waals surface area contributed by atoms with Gasteiger partial charge in [-0.1, -0.05) is 91.0 Å². The van der Waals surface area contributed by atoms with Crippen LogP contribution < -0.4 is 28.3 Å². The Morgan fingerprint density at radius 2 is 0.750 bits per heavy atom. The molecule has 0 atom stereocenters. The topological polar surface area (TPSA) is 0 Å². The van der Waals surface area contributed by atoms with E-state index in [1.807, 2.05) is 18.2 Å². The molecule has 0 aliphatic heterocycles. The predicted octanol–water partition coefficient (Wildman–Crippen LogP) is 2.18. The van der Waals surface area contributed by atoms with Crippen LogP contribution >= 0.6 is 7.92 Å². The van der Waals surface area contributed by atoms with Gasteiger partial charge in [0, 0.05) is 0 Å². The fourth-order valence-electron chi connectivity index (χ4n) is 2.73. The minimum Gasteiger partial charge on any atom is -0.0622 e. The number of hydrogen-bond donors (Lipinski definition) is 0. The van der Waals surface area contributed by atoms with Crippen LogP contribution in [0.1, 0.15) is 5.56 Å². The van der Waals surface area contributed by atoms with E-state index in [4.69, 9.17) is 0 Å². The summed E-state index contributed by atoms with van der Waals surface area (Å²) in [7, 11) is -0.446. The van der Waals surface area contributed by atoms with Crippen molar-refractivity contribution in [3.05, 3.63) is 127 Å². The zero-order chi connectivity index (χ0) is 18.7. The molecule has 0 bridgehead atoms. The van der Waals surface area contributed by atoms with Gasteiger partial charge in [0.05, 0.1) is 0 Å². The predicted molar refractivity (Wildman–Crippen MR) is 115 cm³/mol. The molecule has 28 heavy (non-hydrogen) atoms. The molecular weight excluding hydrogens is 473 g/mol. The van der Waals surface area contributed by atoms with E-state index >= 15 is 0 Å². The standard InChI is InChI=1S/C18H15P.C7H7.ClH.Pd/c1-4-10-16(11-5-1)19(17-12-6-2-7-13-17)18-14-8-3-9-15-18;1-7-5-3-2-4-6-7;;/h1-15H;2-6H,1H2;1H;/q;;;+1/p-1. The maximum Gasteiger partial charge on any atom is -0.0134 e. The first-order valence-corrected chi connectivity index (χ1v) is 11.3. The van der Waals surface area contributed by atoms with Crippen LogP contribution in [-0.2, 0) is 24.1 Å². The summed E-state index contributed by atoms with van der Waals surface area (Å²) in [5.41, 5.74) is 1.34. The van der Waals surface area contributed by atoms with Gasteiger partial charge in [0.15, 0.2) is 0 Å². The van der Waals surface area contributed by atoms with Gasteiger partial charge >= 0.3 is 60.0 Å². The molecule has 0 aliphatic rings.